The van der Waals surface area contributed by atoms with Crippen molar-refractivity contribution in [2.24, 2.45) is 16.7 Å². The largest absolute Gasteiger partial charge is 0.489 e. The number of benzene rings is 1. The van der Waals surface area contributed by atoms with E-state index < -0.39 is 0 Å². The van der Waals surface area contributed by atoms with E-state index in [1.807, 2.05) is 17.0 Å². The van der Waals surface area contributed by atoms with Gasteiger partial charge in [0.1, 0.15) is 23.6 Å². The predicted octanol–water partition coefficient (Wildman–Crippen LogP) is 5.60. The average Bonchev–Trinajstić information content (AvgIpc) is 3.05. The second-order valence-electron chi connectivity index (χ2n) is 10.8. The summed E-state index contributed by atoms with van der Waals surface area (Å²) in [6.07, 6.45) is 3.47. The lowest BCUT2D eigenvalue weighted by molar-refractivity contribution is -0.199. The molecular formula is C28H28ClN3O2. The third-order valence-electron chi connectivity index (χ3n) is 7.68. The Morgan fingerprint density at radius 1 is 1.15 bits per heavy atom. The van der Waals surface area contributed by atoms with Gasteiger partial charge < -0.3 is 9.64 Å². The summed E-state index contributed by atoms with van der Waals surface area (Å²) in [5.74, 6) is 7.65. The molecule has 3 aliphatic rings. The Hall–Kier alpha value is -3.02. The molecule has 0 atom stereocenters. The number of halogens is 1. The van der Waals surface area contributed by atoms with Crippen LogP contribution in [0.5, 0.6) is 5.75 Å². The molecule has 1 aromatic carbocycles. The van der Waals surface area contributed by atoms with Gasteiger partial charge in [0.25, 0.3) is 5.91 Å². The molecule has 5 rings (SSSR count). The van der Waals surface area contributed by atoms with Crippen molar-refractivity contribution >= 4 is 17.5 Å². The highest BCUT2D eigenvalue weighted by Gasteiger charge is 2.67. The predicted molar refractivity (Wildman–Crippen MR) is 130 cm³/mol. The fourth-order valence-corrected chi connectivity index (χ4v) is 6.44. The molecule has 174 valence electrons. The first-order valence-corrected chi connectivity index (χ1v) is 12.2. The molecule has 0 unspecified atom stereocenters. The van der Waals surface area contributed by atoms with Crippen molar-refractivity contribution in [2.45, 2.75) is 65.6 Å². The second-order valence-corrected chi connectivity index (χ2v) is 11.2. The molecule has 1 aliphatic heterocycles. The van der Waals surface area contributed by atoms with Crippen molar-refractivity contribution in [3.63, 3.8) is 0 Å². The molecule has 1 amide bonds. The molecule has 34 heavy (non-hydrogen) atoms. The van der Waals surface area contributed by atoms with Gasteiger partial charge in [0.2, 0.25) is 0 Å². The van der Waals surface area contributed by atoms with Crippen molar-refractivity contribution in [1.29, 1.82) is 5.26 Å². The zero-order valence-corrected chi connectivity index (χ0v) is 20.7. The molecule has 0 radical (unpaired) electrons. The summed E-state index contributed by atoms with van der Waals surface area (Å²) in [5, 5.41) is 9.50. The molecule has 2 aliphatic carbocycles. The number of rotatable bonds is 3. The van der Waals surface area contributed by atoms with E-state index in [1.165, 1.54) is 19.3 Å². The summed E-state index contributed by atoms with van der Waals surface area (Å²) in [6.45, 7) is 9.03. The topological polar surface area (TPSA) is 66.2 Å². The first-order chi connectivity index (χ1) is 16.1. The van der Waals surface area contributed by atoms with Crippen LogP contribution in [0.4, 0.5) is 0 Å². The standard InChI is InChI=1S/C28H28ClN3O2/c1-27(2)25(28(3,4)26(27)34-20-12-9-18(15-30)22(29)14-20)32-16-23-21(24(32)33)13-11-19(31-23)10-8-17-6-5-7-17/h9,11-14,17,25-26H,5-7,16H2,1-4H3. The van der Waals surface area contributed by atoms with Crippen LogP contribution < -0.4 is 4.74 Å². The van der Waals surface area contributed by atoms with Gasteiger partial charge in [-0.2, -0.15) is 5.26 Å². The molecule has 0 N–H and O–H groups in total. The van der Waals surface area contributed by atoms with Crippen molar-refractivity contribution in [1.82, 2.24) is 9.88 Å². The van der Waals surface area contributed by atoms with E-state index in [9.17, 15) is 4.79 Å². The molecule has 2 heterocycles. The lowest BCUT2D eigenvalue weighted by Gasteiger charge is -2.65. The molecule has 2 aromatic rings. The third-order valence-corrected chi connectivity index (χ3v) is 8.00. The van der Waals surface area contributed by atoms with Crippen LogP contribution in [0, 0.1) is 39.9 Å². The van der Waals surface area contributed by atoms with Gasteiger partial charge in [-0.15, -0.1) is 0 Å². The maximum absolute atomic E-state index is 13.4. The van der Waals surface area contributed by atoms with Crippen LogP contribution in [0.3, 0.4) is 0 Å². The van der Waals surface area contributed by atoms with E-state index in [2.05, 4.69) is 45.6 Å². The van der Waals surface area contributed by atoms with Crippen LogP contribution >= 0.6 is 11.6 Å². The molecule has 1 aromatic heterocycles. The number of carbonyl (C=O) groups is 1. The normalized spacial score (nSPS) is 24.2. The highest BCUT2D eigenvalue weighted by molar-refractivity contribution is 6.31. The van der Waals surface area contributed by atoms with Crippen LogP contribution in [-0.2, 0) is 6.54 Å². The first kappa shape index (κ1) is 22.8. The van der Waals surface area contributed by atoms with Crippen molar-refractivity contribution in [3.05, 3.63) is 57.9 Å². The second kappa shape index (κ2) is 8.03. The summed E-state index contributed by atoms with van der Waals surface area (Å²) >= 11 is 6.21. The quantitative estimate of drug-likeness (QED) is 0.544. The van der Waals surface area contributed by atoms with E-state index in [0.717, 1.165) is 11.4 Å². The zero-order valence-electron chi connectivity index (χ0n) is 20.0. The minimum atomic E-state index is -0.297. The minimum absolute atomic E-state index is 0.0204. The highest BCUT2D eigenvalue weighted by atomic mass is 35.5. The third kappa shape index (κ3) is 3.55. The van der Waals surface area contributed by atoms with Gasteiger partial charge in [-0.1, -0.05) is 51.6 Å². The van der Waals surface area contributed by atoms with Crippen molar-refractivity contribution < 1.29 is 9.53 Å². The van der Waals surface area contributed by atoms with Gasteiger partial charge in [0.05, 0.1) is 28.4 Å². The molecule has 0 saturated heterocycles. The molecule has 0 bridgehead atoms. The molecule has 5 nitrogen and oxygen atoms in total. The van der Waals surface area contributed by atoms with Crippen LogP contribution in [0.15, 0.2) is 30.3 Å². The fourth-order valence-electron chi connectivity index (χ4n) is 6.22. The maximum atomic E-state index is 13.4. The highest BCUT2D eigenvalue weighted by Crippen LogP contribution is 2.59. The van der Waals surface area contributed by atoms with Crippen LogP contribution in [0.25, 0.3) is 0 Å². The first-order valence-electron chi connectivity index (χ1n) is 11.8. The number of aromatic nitrogens is 1. The van der Waals surface area contributed by atoms with Gasteiger partial charge in [-0.3, -0.25) is 4.79 Å². The Kier molecular flexibility index (Phi) is 5.38. The Morgan fingerprint density at radius 2 is 1.88 bits per heavy atom. The monoisotopic (exact) mass is 473 g/mol. The maximum Gasteiger partial charge on any atom is 0.256 e. The number of nitrogens with zero attached hydrogens (tertiary/aromatic N) is 3. The molecule has 2 fully saturated rings. The number of hydrogen-bond acceptors (Lipinski definition) is 4. The lowest BCUT2D eigenvalue weighted by atomic mass is 9.49. The number of pyridine rings is 1. The van der Waals surface area contributed by atoms with Crippen LogP contribution in [0.2, 0.25) is 5.02 Å². The summed E-state index contributed by atoms with van der Waals surface area (Å²) in [4.78, 5) is 20.1. The van der Waals surface area contributed by atoms with Gasteiger partial charge in [0.15, 0.2) is 0 Å². The molecule has 2 saturated carbocycles. The molecular weight excluding hydrogens is 446 g/mol. The van der Waals surface area contributed by atoms with Gasteiger partial charge in [0, 0.05) is 28.9 Å². The van der Waals surface area contributed by atoms with E-state index in [1.54, 1.807) is 18.2 Å². The fraction of sp³-hybridized carbons (Fsp3) is 0.464. The van der Waals surface area contributed by atoms with Gasteiger partial charge in [-0.05, 0) is 43.0 Å². The number of amides is 1. The summed E-state index contributed by atoms with van der Waals surface area (Å²) in [5.41, 5.74) is 2.04. The summed E-state index contributed by atoms with van der Waals surface area (Å²) in [6, 6.07) is 10.9. The average molecular weight is 474 g/mol. The zero-order chi connectivity index (χ0) is 24.3. The van der Waals surface area contributed by atoms with Crippen LogP contribution in [-0.4, -0.2) is 27.9 Å². The van der Waals surface area contributed by atoms with E-state index in [4.69, 9.17) is 26.6 Å². The number of carbonyl (C=O) groups excluding carboxylic acids is 1. The van der Waals surface area contributed by atoms with Gasteiger partial charge in [-0.25, -0.2) is 4.98 Å². The van der Waals surface area contributed by atoms with E-state index >= 15 is 0 Å². The van der Waals surface area contributed by atoms with E-state index in [-0.39, 0.29) is 28.9 Å². The number of hydrogen-bond donors (Lipinski definition) is 0. The Balaban J connectivity index is 1.36. The Bertz CT molecular complexity index is 1260. The number of ether oxygens (including phenoxy) is 1. The Morgan fingerprint density at radius 3 is 2.50 bits per heavy atom. The van der Waals surface area contributed by atoms with Crippen LogP contribution in [0.1, 0.15) is 74.3 Å². The van der Waals surface area contributed by atoms with Crippen molar-refractivity contribution in [3.8, 4) is 23.7 Å². The summed E-state index contributed by atoms with van der Waals surface area (Å²) in [7, 11) is 0. The number of fused-ring (bicyclic) bond motifs is 1. The van der Waals surface area contributed by atoms with Gasteiger partial charge >= 0.3 is 0 Å². The van der Waals surface area contributed by atoms with Crippen molar-refractivity contribution in [2.75, 3.05) is 0 Å². The number of nitriles is 1. The Labute approximate surface area is 206 Å². The summed E-state index contributed by atoms with van der Waals surface area (Å²) < 4.78 is 6.39. The molecule has 6 heteroatoms. The smallest absolute Gasteiger partial charge is 0.256 e. The molecule has 0 spiro atoms. The lowest BCUT2D eigenvalue weighted by Crippen LogP contribution is -2.74. The SMILES string of the molecule is CC1(C)C(Oc2ccc(C#N)c(Cl)c2)C(C)(C)C1N1Cc2nc(C#CC3CCC3)ccc2C1=O. The van der Waals surface area contributed by atoms with E-state index in [0.29, 0.717) is 34.4 Å². The minimum Gasteiger partial charge on any atom is -0.489 e.